The van der Waals surface area contributed by atoms with Gasteiger partial charge in [0.15, 0.2) is 0 Å². The molecule has 1 aliphatic heterocycles. The van der Waals surface area contributed by atoms with E-state index in [9.17, 15) is 19.2 Å². The summed E-state index contributed by atoms with van der Waals surface area (Å²) in [5.41, 5.74) is -0.185. The number of esters is 1. The van der Waals surface area contributed by atoms with Gasteiger partial charge in [0.2, 0.25) is 0 Å². The molecule has 2 heterocycles. The van der Waals surface area contributed by atoms with E-state index >= 15 is 0 Å². The summed E-state index contributed by atoms with van der Waals surface area (Å²) in [6.07, 6.45) is 0. The van der Waals surface area contributed by atoms with Gasteiger partial charge in [-0.05, 0) is 38.5 Å². The minimum absolute atomic E-state index is 0.229. The van der Waals surface area contributed by atoms with Crippen molar-refractivity contribution in [2.45, 2.75) is 32.9 Å². The van der Waals surface area contributed by atoms with E-state index in [1.165, 1.54) is 6.07 Å². The SMILES string of the molecule is Cc1cc2oc(=O)cc(COC(=O)CN3C(=O)NC(C)(C)C3=O)c2cc1Cl. The fraction of sp³-hybridized carbons (Fsp3) is 0.333. The largest absolute Gasteiger partial charge is 0.459 e. The molecule has 3 rings (SSSR count). The van der Waals surface area contributed by atoms with Gasteiger partial charge in [0.05, 0.1) is 0 Å². The molecule has 1 aromatic carbocycles. The molecule has 8 nitrogen and oxygen atoms in total. The van der Waals surface area contributed by atoms with E-state index in [1.807, 2.05) is 0 Å². The Morgan fingerprint density at radius 3 is 2.59 bits per heavy atom. The van der Waals surface area contributed by atoms with Crippen LogP contribution in [0.1, 0.15) is 25.0 Å². The molecule has 0 bridgehead atoms. The number of carbonyl (C=O) groups excluding carboxylic acids is 3. The molecule has 27 heavy (non-hydrogen) atoms. The van der Waals surface area contributed by atoms with Gasteiger partial charge in [0.1, 0.15) is 24.3 Å². The molecule has 1 saturated heterocycles. The molecule has 3 amide bonds. The maximum atomic E-state index is 12.1. The van der Waals surface area contributed by atoms with Gasteiger partial charge in [-0.25, -0.2) is 9.59 Å². The van der Waals surface area contributed by atoms with E-state index in [4.69, 9.17) is 20.8 Å². The Hall–Kier alpha value is -2.87. The third-order valence-corrected chi connectivity index (χ3v) is 4.64. The Morgan fingerprint density at radius 1 is 1.26 bits per heavy atom. The van der Waals surface area contributed by atoms with Crippen LogP contribution < -0.4 is 10.9 Å². The van der Waals surface area contributed by atoms with Crippen LogP contribution in [0.5, 0.6) is 0 Å². The van der Waals surface area contributed by atoms with Crippen molar-refractivity contribution in [3.63, 3.8) is 0 Å². The molecule has 2 aromatic rings. The zero-order chi connectivity index (χ0) is 19.9. The zero-order valence-corrected chi connectivity index (χ0v) is 15.7. The fourth-order valence-electron chi connectivity index (χ4n) is 2.76. The highest BCUT2D eigenvalue weighted by molar-refractivity contribution is 6.32. The summed E-state index contributed by atoms with van der Waals surface area (Å²) in [6.45, 7) is 4.11. The van der Waals surface area contributed by atoms with Gasteiger partial charge in [-0.2, -0.15) is 0 Å². The predicted molar refractivity (Wildman–Crippen MR) is 96.4 cm³/mol. The van der Waals surface area contributed by atoms with Gasteiger partial charge >= 0.3 is 17.6 Å². The average molecular weight is 393 g/mol. The first-order valence-corrected chi connectivity index (χ1v) is 8.49. The van der Waals surface area contributed by atoms with E-state index in [2.05, 4.69) is 5.32 Å². The number of hydrogen-bond donors (Lipinski definition) is 1. The van der Waals surface area contributed by atoms with Crippen molar-refractivity contribution in [1.29, 1.82) is 0 Å². The van der Waals surface area contributed by atoms with E-state index in [1.54, 1.807) is 32.9 Å². The Balaban J connectivity index is 1.76. The molecule has 0 aliphatic carbocycles. The summed E-state index contributed by atoms with van der Waals surface area (Å²) in [7, 11) is 0. The van der Waals surface area contributed by atoms with Crippen LogP contribution in [0, 0.1) is 6.92 Å². The Bertz CT molecular complexity index is 1030. The van der Waals surface area contributed by atoms with Crippen LogP contribution in [-0.4, -0.2) is 34.9 Å². The van der Waals surface area contributed by atoms with E-state index in [0.717, 1.165) is 10.5 Å². The normalized spacial score (nSPS) is 15.9. The lowest BCUT2D eigenvalue weighted by molar-refractivity contribution is -0.148. The van der Waals surface area contributed by atoms with E-state index in [0.29, 0.717) is 21.6 Å². The first kappa shape index (κ1) is 18.9. The monoisotopic (exact) mass is 392 g/mol. The molecular weight excluding hydrogens is 376 g/mol. The Kier molecular flexibility index (Phi) is 4.69. The fourth-order valence-corrected chi connectivity index (χ4v) is 2.93. The lowest BCUT2D eigenvalue weighted by atomic mass is 10.1. The first-order chi connectivity index (χ1) is 12.6. The molecule has 142 valence electrons. The molecule has 0 saturated carbocycles. The summed E-state index contributed by atoms with van der Waals surface area (Å²) in [6, 6.07) is 3.80. The molecule has 0 atom stereocenters. The summed E-state index contributed by atoms with van der Waals surface area (Å²) in [5, 5.41) is 3.49. The number of carbonyl (C=O) groups is 3. The molecule has 1 N–H and O–H groups in total. The summed E-state index contributed by atoms with van der Waals surface area (Å²) in [5.74, 6) is -1.30. The highest BCUT2D eigenvalue weighted by atomic mass is 35.5. The van der Waals surface area contributed by atoms with Gasteiger partial charge in [0.25, 0.3) is 5.91 Å². The van der Waals surface area contributed by atoms with Crippen molar-refractivity contribution in [3.05, 3.63) is 44.8 Å². The maximum absolute atomic E-state index is 12.1. The number of urea groups is 1. The summed E-state index contributed by atoms with van der Waals surface area (Å²) >= 11 is 6.12. The van der Waals surface area contributed by atoms with Crippen LogP contribution in [0.15, 0.2) is 27.4 Å². The van der Waals surface area contributed by atoms with Crippen molar-refractivity contribution in [1.82, 2.24) is 10.2 Å². The number of benzene rings is 1. The van der Waals surface area contributed by atoms with Crippen molar-refractivity contribution in [2.24, 2.45) is 0 Å². The number of amides is 3. The van der Waals surface area contributed by atoms with Crippen LogP contribution in [0.3, 0.4) is 0 Å². The standard InChI is InChI=1S/C18H17ClN2O6/c1-9-4-13-11(6-12(9)19)10(5-14(22)27-13)8-26-15(23)7-21-16(24)18(2,3)20-17(21)25/h4-6H,7-8H2,1-3H3,(H,20,25). The predicted octanol–water partition coefficient (Wildman–Crippen LogP) is 2.13. The van der Waals surface area contributed by atoms with Crippen LogP contribution in [-0.2, 0) is 20.9 Å². The summed E-state index contributed by atoms with van der Waals surface area (Å²) in [4.78, 5) is 48.5. The smallest absolute Gasteiger partial charge is 0.336 e. The van der Waals surface area contributed by atoms with Crippen LogP contribution in [0.4, 0.5) is 4.79 Å². The van der Waals surface area contributed by atoms with Crippen LogP contribution in [0.2, 0.25) is 5.02 Å². The minimum atomic E-state index is -1.07. The number of aryl methyl sites for hydroxylation is 1. The second kappa shape index (κ2) is 6.70. The third-order valence-electron chi connectivity index (χ3n) is 4.23. The number of nitrogens with zero attached hydrogens (tertiary/aromatic N) is 1. The second-order valence-corrected chi connectivity index (χ2v) is 7.20. The van der Waals surface area contributed by atoms with Gasteiger partial charge < -0.3 is 14.5 Å². The van der Waals surface area contributed by atoms with Crippen LogP contribution in [0.25, 0.3) is 11.0 Å². The topological polar surface area (TPSA) is 106 Å². The zero-order valence-electron chi connectivity index (χ0n) is 14.9. The number of nitrogens with one attached hydrogen (secondary N) is 1. The molecule has 1 aliphatic rings. The molecule has 0 radical (unpaired) electrons. The van der Waals surface area contributed by atoms with Crippen molar-refractivity contribution >= 4 is 40.5 Å². The molecular formula is C18H17ClN2O6. The van der Waals surface area contributed by atoms with Crippen molar-refractivity contribution in [2.75, 3.05) is 6.54 Å². The second-order valence-electron chi connectivity index (χ2n) is 6.80. The Morgan fingerprint density at radius 2 is 1.96 bits per heavy atom. The highest BCUT2D eigenvalue weighted by Gasteiger charge is 2.45. The quantitative estimate of drug-likeness (QED) is 0.485. The molecule has 1 fully saturated rings. The van der Waals surface area contributed by atoms with Gasteiger partial charge in [-0.1, -0.05) is 11.6 Å². The number of hydrogen-bond acceptors (Lipinski definition) is 6. The van der Waals surface area contributed by atoms with Crippen molar-refractivity contribution in [3.8, 4) is 0 Å². The molecule has 9 heteroatoms. The number of ether oxygens (including phenoxy) is 1. The van der Waals surface area contributed by atoms with E-state index in [-0.39, 0.29) is 6.61 Å². The lowest BCUT2D eigenvalue weighted by Gasteiger charge is -2.15. The van der Waals surface area contributed by atoms with Crippen molar-refractivity contribution < 1.29 is 23.5 Å². The number of fused-ring (bicyclic) bond motifs is 1. The van der Waals surface area contributed by atoms with E-state index < -0.39 is 35.6 Å². The maximum Gasteiger partial charge on any atom is 0.336 e. The highest BCUT2D eigenvalue weighted by Crippen LogP contribution is 2.25. The van der Waals surface area contributed by atoms with Gasteiger partial charge in [-0.3, -0.25) is 14.5 Å². The van der Waals surface area contributed by atoms with Gasteiger partial charge in [-0.15, -0.1) is 0 Å². The van der Waals surface area contributed by atoms with Crippen LogP contribution >= 0.6 is 11.6 Å². The average Bonchev–Trinajstić information content (AvgIpc) is 2.76. The summed E-state index contributed by atoms with van der Waals surface area (Å²) < 4.78 is 10.3. The molecule has 0 unspecified atom stereocenters. The third kappa shape index (κ3) is 3.66. The lowest BCUT2D eigenvalue weighted by Crippen LogP contribution is -2.41. The van der Waals surface area contributed by atoms with Gasteiger partial charge in [0, 0.05) is 22.0 Å². The number of imide groups is 1. The number of rotatable bonds is 4. The Labute approximate surface area is 159 Å². The molecule has 1 aromatic heterocycles. The number of halogens is 1. The first-order valence-electron chi connectivity index (χ1n) is 8.11. The minimum Gasteiger partial charge on any atom is -0.459 e. The molecule has 0 spiro atoms.